The average molecular weight is 337 g/mol. The van der Waals surface area contributed by atoms with E-state index in [4.69, 9.17) is 15.7 Å². The van der Waals surface area contributed by atoms with Gasteiger partial charge in [-0.05, 0) is 28.1 Å². The highest BCUT2D eigenvalue weighted by molar-refractivity contribution is 9.10. The lowest BCUT2D eigenvalue weighted by molar-refractivity contribution is -0.116. The van der Waals surface area contributed by atoms with Crippen LogP contribution in [-0.4, -0.2) is 31.7 Å². The lowest BCUT2D eigenvalue weighted by Gasteiger charge is -2.32. The number of anilines is 2. The number of morpholine rings is 1. The van der Waals surface area contributed by atoms with Gasteiger partial charge in [-0.1, -0.05) is 0 Å². The maximum Gasteiger partial charge on any atom is 0.245 e. The predicted molar refractivity (Wildman–Crippen MR) is 77.3 cm³/mol. The molecule has 20 heavy (non-hydrogen) atoms. The van der Waals surface area contributed by atoms with Gasteiger partial charge >= 0.3 is 0 Å². The number of benzene rings is 1. The fraction of sp³-hybridized carbons (Fsp3) is 0.385. The van der Waals surface area contributed by atoms with Crippen molar-refractivity contribution in [3.05, 3.63) is 22.2 Å². The van der Waals surface area contributed by atoms with E-state index in [1.54, 1.807) is 0 Å². The highest BCUT2D eigenvalue weighted by atomic mass is 79.9. The van der Waals surface area contributed by atoms with E-state index in [1.165, 1.54) is 0 Å². The predicted octanol–water partition coefficient (Wildman–Crippen LogP) is 1.13. The van der Waals surface area contributed by atoms with Crippen LogP contribution in [0.5, 0.6) is 0 Å². The van der Waals surface area contributed by atoms with Gasteiger partial charge in [0.1, 0.15) is 6.04 Å². The Bertz CT molecular complexity index is 613. The van der Waals surface area contributed by atoms with Gasteiger partial charge in [-0.15, -0.1) is 0 Å². The molecule has 2 aliphatic rings. The first-order valence-corrected chi connectivity index (χ1v) is 7.05. The molecule has 0 radical (unpaired) electrons. The molecule has 0 bridgehead atoms. The lowest BCUT2D eigenvalue weighted by Crippen LogP contribution is -2.42. The second-order valence-corrected chi connectivity index (χ2v) is 5.65. The Morgan fingerprint density at radius 3 is 3.10 bits per heavy atom. The monoisotopic (exact) mass is 336 g/mol. The van der Waals surface area contributed by atoms with Crippen LogP contribution in [0.2, 0.25) is 0 Å². The van der Waals surface area contributed by atoms with Crippen molar-refractivity contribution in [2.75, 3.05) is 29.9 Å². The molecule has 1 aromatic carbocycles. The molecule has 104 valence electrons. The Kier molecular flexibility index (Phi) is 3.38. The van der Waals surface area contributed by atoms with Gasteiger partial charge in [0, 0.05) is 22.3 Å². The largest absolute Gasteiger partial charge is 0.365 e. The molecule has 0 spiro atoms. The lowest BCUT2D eigenvalue weighted by atomic mass is 10.1. The number of amides is 1. The topological polar surface area (TPSA) is 91.4 Å². The molecular formula is C13H13BrN4O2. The minimum absolute atomic E-state index is 0.194. The Labute approximate surface area is 124 Å². The summed E-state index contributed by atoms with van der Waals surface area (Å²) in [7, 11) is 0. The molecular weight excluding hydrogens is 324 g/mol. The minimum atomic E-state index is -0.619. The van der Waals surface area contributed by atoms with Crippen LogP contribution in [0.3, 0.4) is 0 Å². The van der Waals surface area contributed by atoms with Gasteiger partial charge < -0.3 is 20.7 Å². The van der Waals surface area contributed by atoms with Crippen molar-refractivity contribution in [1.29, 1.82) is 5.26 Å². The van der Waals surface area contributed by atoms with Gasteiger partial charge in [0.2, 0.25) is 5.91 Å². The van der Waals surface area contributed by atoms with E-state index >= 15 is 0 Å². The second kappa shape index (κ2) is 5.05. The number of carbonyl (C=O) groups excluding carboxylic acids is 1. The quantitative estimate of drug-likeness (QED) is 0.802. The van der Waals surface area contributed by atoms with E-state index in [1.807, 2.05) is 12.1 Å². The molecule has 1 aromatic rings. The summed E-state index contributed by atoms with van der Waals surface area (Å²) in [5.41, 5.74) is 8.28. The number of hydrogen-bond acceptors (Lipinski definition) is 5. The summed E-state index contributed by atoms with van der Waals surface area (Å²) in [5.74, 6) is -0.194. The minimum Gasteiger partial charge on any atom is -0.365 e. The number of nitrogens with one attached hydrogen (secondary N) is 1. The van der Waals surface area contributed by atoms with E-state index < -0.39 is 12.1 Å². The van der Waals surface area contributed by atoms with Gasteiger partial charge in [0.05, 0.1) is 24.9 Å². The van der Waals surface area contributed by atoms with Crippen LogP contribution < -0.4 is 16.0 Å². The number of nitriles is 1. The van der Waals surface area contributed by atoms with Crippen LogP contribution in [0.1, 0.15) is 11.6 Å². The number of fused-ring (bicyclic) bond motifs is 1. The SMILES string of the molecule is N#CC1CN(c2cc3c(cc2Br)C(N)C(=O)N3)CCO1. The Hall–Kier alpha value is -1.62. The highest BCUT2D eigenvalue weighted by Crippen LogP contribution is 2.38. The first-order valence-electron chi connectivity index (χ1n) is 6.26. The molecule has 1 fully saturated rings. The van der Waals surface area contributed by atoms with E-state index in [0.29, 0.717) is 19.7 Å². The van der Waals surface area contributed by atoms with Crippen LogP contribution in [-0.2, 0) is 9.53 Å². The van der Waals surface area contributed by atoms with Gasteiger partial charge in [0.15, 0.2) is 6.10 Å². The molecule has 0 aromatic heterocycles. The molecule has 1 amide bonds. The second-order valence-electron chi connectivity index (χ2n) is 4.79. The summed E-state index contributed by atoms with van der Waals surface area (Å²) in [4.78, 5) is 13.7. The van der Waals surface area contributed by atoms with Gasteiger partial charge in [0.25, 0.3) is 0 Å². The number of rotatable bonds is 1. The maximum absolute atomic E-state index is 11.6. The van der Waals surface area contributed by atoms with E-state index in [2.05, 4.69) is 32.2 Å². The zero-order valence-corrected chi connectivity index (χ0v) is 12.2. The first kappa shape index (κ1) is 13.4. The number of carbonyl (C=O) groups is 1. The molecule has 0 aliphatic carbocycles. The van der Waals surface area contributed by atoms with Crippen molar-refractivity contribution in [3.63, 3.8) is 0 Å². The van der Waals surface area contributed by atoms with Crippen molar-refractivity contribution in [2.45, 2.75) is 12.1 Å². The molecule has 1 saturated heterocycles. The van der Waals surface area contributed by atoms with Crippen molar-refractivity contribution < 1.29 is 9.53 Å². The molecule has 2 unspecified atom stereocenters. The zero-order valence-electron chi connectivity index (χ0n) is 10.6. The van der Waals surface area contributed by atoms with E-state index in [0.717, 1.165) is 21.4 Å². The fourth-order valence-corrected chi connectivity index (χ4v) is 3.09. The van der Waals surface area contributed by atoms with Gasteiger partial charge in [-0.2, -0.15) is 5.26 Å². The van der Waals surface area contributed by atoms with E-state index in [-0.39, 0.29) is 5.91 Å². The third kappa shape index (κ3) is 2.16. The summed E-state index contributed by atoms with van der Waals surface area (Å²) < 4.78 is 6.20. The summed E-state index contributed by atoms with van der Waals surface area (Å²) in [5, 5.41) is 11.7. The summed E-state index contributed by atoms with van der Waals surface area (Å²) >= 11 is 3.51. The molecule has 2 aliphatic heterocycles. The summed E-state index contributed by atoms with van der Waals surface area (Å²) in [6.07, 6.45) is -0.430. The van der Waals surface area contributed by atoms with Crippen LogP contribution in [0.4, 0.5) is 11.4 Å². The van der Waals surface area contributed by atoms with Crippen molar-refractivity contribution in [3.8, 4) is 6.07 Å². The van der Waals surface area contributed by atoms with Crippen molar-refractivity contribution in [1.82, 2.24) is 0 Å². The summed E-state index contributed by atoms with van der Waals surface area (Å²) in [6, 6.07) is 5.26. The molecule has 2 heterocycles. The molecule has 0 saturated carbocycles. The molecule has 7 heteroatoms. The van der Waals surface area contributed by atoms with Crippen LogP contribution in [0.15, 0.2) is 16.6 Å². The Morgan fingerprint density at radius 2 is 2.35 bits per heavy atom. The number of nitrogens with two attached hydrogens (primary N) is 1. The molecule has 3 rings (SSSR count). The van der Waals surface area contributed by atoms with Crippen molar-refractivity contribution >= 4 is 33.2 Å². The maximum atomic E-state index is 11.6. The third-order valence-corrected chi connectivity index (χ3v) is 4.18. The van der Waals surface area contributed by atoms with Crippen LogP contribution in [0.25, 0.3) is 0 Å². The highest BCUT2D eigenvalue weighted by Gasteiger charge is 2.30. The standard InChI is InChI=1S/C13H13BrN4O2/c14-9-3-8-10(17-13(19)12(8)16)4-11(9)18-1-2-20-7(5-15)6-18/h3-4,7,12H,1-2,6,16H2,(H,17,19). The normalized spacial score (nSPS) is 25.1. The zero-order chi connectivity index (χ0) is 14.3. The molecule has 6 nitrogen and oxygen atoms in total. The van der Waals surface area contributed by atoms with Crippen LogP contribution >= 0.6 is 15.9 Å². The number of nitrogens with zero attached hydrogens (tertiary/aromatic N) is 2. The fourth-order valence-electron chi connectivity index (χ4n) is 2.48. The smallest absolute Gasteiger partial charge is 0.245 e. The Morgan fingerprint density at radius 1 is 1.55 bits per heavy atom. The summed E-state index contributed by atoms with van der Waals surface area (Å²) in [6.45, 7) is 1.72. The number of halogens is 1. The number of hydrogen-bond donors (Lipinski definition) is 2. The molecule has 3 N–H and O–H groups in total. The van der Waals surface area contributed by atoms with Crippen molar-refractivity contribution in [2.24, 2.45) is 5.73 Å². The number of ether oxygens (including phenoxy) is 1. The third-order valence-electron chi connectivity index (χ3n) is 3.55. The van der Waals surface area contributed by atoms with Gasteiger partial charge in [-0.25, -0.2) is 0 Å². The van der Waals surface area contributed by atoms with Gasteiger partial charge in [-0.3, -0.25) is 4.79 Å². The van der Waals surface area contributed by atoms with Crippen LogP contribution in [0, 0.1) is 11.3 Å². The Balaban J connectivity index is 1.94. The average Bonchev–Trinajstić information content (AvgIpc) is 2.73. The molecule has 2 atom stereocenters. The van der Waals surface area contributed by atoms with E-state index in [9.17, 15) is 4.79 Å². The first-order chi connectivity index (χ1) is 9.60.